The smallest absolute Gasteiger partial charge is 0.226 e. The molecule has 0 spiro atoms. The lowest BCUT2D eigenvalue weighted by molar-refractivity contribution is -0.119. The lowest BCUT2D eigenvalue weighted by atomic mass is 10.1. The van der Waals surface area contributed by atoms with E-state index in [4.69, 9.17) is 0 Å². The molecule has 0 N–H and O–H groups in total. The normalized spacial score (nSPS) is 26.1. The summed E-state index contributed by atoms with van der Waals surface area (Å²) in [6, 6.07) is 7.91. The van der Waals surface area contributed by atoms with Gasteiger partial charge in [-0.3, -0.25) is 4.79 Å². The summed E-state index contributed by atoms with van der Waals surface area (Å²) >= 11 is 0. The maximum Gasteiger partial charge on any atom is 0.226 e. The fraction of sp³-hybridized carbons (Fsp3) is 0.588. The van der Waals surface area contributed by atoms with E-state index in [1.807, 2.05) is 48.2 Å². The third kappa shape index (κ3) is 2.95. The molecule has 2 fully saturated rings. The zero-order valence-corrected chi connectivity index (χ0v) is 13.3. The summed E-state index contributed by atoms with van der Waals surface area (Å²) in [5, 5.41) is 0. The first-order chi connectivity index (χ1) is 10.6. The van der Waals surface area contributed by atoms with Crippen molar-refractivity contribution in [3.63, 3.8) is 0 Å². The number of hydrogen-bond donors (Lipinski definition) is 0. The average Bonchev–Trinajstić information content (AvgIpc) is 2.90. The van der Waals surface area contributed by atoms with Crippen LogP contribution in [0.25, 0.3) is 0 Å². The van der Waals surface area contributed by atoms with E-state index in [1.54, 1.807) is 0 Å². The van der Waals surface area contributed by atoms with E-state index in [-0.39, 0.29) is 11.9 Å². The Morgan fingerprint density at radius 2 is 1.77 bits per heavy atom. The van der Waals surface area contributed by atoms with Gasteiger partial charge in [0, 0.05) is 30.9 Å². The lowest BCUT2D eigenvalue weighted by Gasteiger charge is -2.27. The quantitative estimate of drug-likeness (QED) is 0.857. The fourth-order valence-corrected chi connectivity index (χ4v) is 3.37. The van der Waals surface area contributed by atoms with E-state index in [1.165, 1.54) is 0 Å². The molecule has 0 saturated carbocycles. The molecule has 120 valence electrons. The van der Waals surface area contributed by atoms with Crippen molar-refractivity contribution in [1.29, 1.82) is 0 Å². The summed E-state index contributed by atoms with van der Waals surface area (Å²) in [5.74, 6) is 0.205. The van der Waals surface area contributed by atoms with Crippen LogP contribution >= 0.6 is 0 Å². The number of likely N-dealkylation sites (N-methyl/N-ethyl adjacent to an activating group) is 1. The van der Waals surface area contributed by atoms with Crippen molar-refractivity contribution in [2.75, 3.05) is 43.5 Å². The van der Waals surface area contributed by atoms with E-state index < -0.39 is 6.17 Å². The van der Waals surface area contributed by atoms with Gasteiger partial charge in [-0.1, -0.05) is 0 Å². The summed E-state index contributed by atoms with van der Waals surface area (Å²) < 4.78 is 14.1. The number of carbonyl (C=O) groups excluding carboxylic acids is 1. The van der Waals surface area contributed by atoms with Crippen molar-refractivity contribution < 1.29 is 9.18 Å². The molecule has 2 heterocycles. The van der Waals surface area contributed by atoms with Crippen LogP contribution in [0.5, 0.6) is 0 Å². The van der Waals surface area contributed by atoms with Crippen LogP contribution in [-0.4, -0.2) is 56.8 Å². The predicted octanol–water partition coefficient (Wildman–Crippen LogP) is 2.29. The topological polar surface area (TPSA) is 26.8 Å². The highest BCUT2D eigenvalue weighted by Gasteiger charge is 2.34. The van der Waals surface area contributed by atoms with Crippen LogP contribution in [0.4, 0.5) is 15.8 Å². The van der Waals surface area contributed by atoms with Gasteiger partial charge in [0.15, 0.2) is 0 Å². The standard InChI is InChI=1S/C17H24FN3O/c1-19(2)16-12-20(11-15(16)18)13-6-8-14(9-7-13)21-10-4-3-5-17(21)22/h6-9,15-16H,3-5,10-12H2,1-2H3. The van der Waals surface area contributed by atoms with Crippen molar-refractivity contribution in [3.8, 4) is 0 Å². The molecule has 1 aromatic carbocycles. The number of nitrogens with zero attached hydrogens (tertiary/aromatic N) is 3. The summed E-state index contributed by atoms with van der Waals surface area (Å²) in [7, 11) is 3.84. The first kappa shape index (κ1) is 15.3. The Bertz CT molecular complexity index is 531. The Morgan fingerprint density at radius 3 is 2.36 bits per heavy atom. The molecule has 5 heteroatoms. The molecule has 2 saturated heterocycles. The SMILES string of the molecule is CN(C)C1CN(c2ccc(N3CCCCC3=O)cc2)CC1F. The molecule has 3 rings (SSSR count). The van der Waals surface area contributed by atoms with E-state index in [2.05, 4.69) is 4.90 Å². The molecule has 1 aromatic rings. The molecule has 4 nitrogen and oxygen atoms in total. The molecule has 2 aliphatic rings. The molecule has 2 atom stereocenters. The van der Waals surface area contributed by atoms with Gasteiger partial charge in [0.25, 0.3) is 0 Å². The van der Waals surface area contributed by atoms with Gasteiger partial charge in [-0.25, -0.2) is 4.39 Å². The predicted molar refractivity (Wildman–Crippen MR) is 87.2 cm³/mol. The number of rotatable bonds is 3. The Balaban J connectivity index is 1.71. The van der Waals surface area contributed by atoms with Gasteiger partial charge >= 0.3 is 0 Å². The van der Waals surface area contributed by atoms with Gasteiger partial charge in [-0.2, -0.15) is 0 Å². The van der Waals surface area contributed by atoms with Gasteiger partial charge in [0.05, 0.1) is 12.6 Å². The highest BCUT2D eigenvalue weighted by atomic mass is 19.1. The number of halogens is 1. The Morgan fingerprint density at radius 1 is 1.09 bits per heavy atom. The van der Waals surface area contributed by atoms with Crippen LogP contribution in [0.3, 0.4) is 0 Å². The van der Waals surface area contributed by atoms with E-state index in [0.717, 1.165) is 30.8 Å². The van der Waals surface area contributed by atoms with Crippen molar-refractivity contribution in [2.45, 2.75) is 31.5 Å². The summed E-state index contributed by atoms with van der Waals surface area (Å²) in [4.78, 5) is 17.8. The third-order valence-electron chi connectivity index (χ3n) is 4.73. The molecule has 0 bridgehead atoms. The Labute approximate surface area is 131 Å². The molecular formula is C17H24FN3O. The number of alkyl halides is 1. The van der Waals surface area contributed by atoms with Crippen molar-refractivity contribution in [3.05, 3.63) is 24.3 Å². The van der Waals surface area contributed by atoms with Gasteiger partial charge in [0.2, 0.25) is 5.91 Å². The zero-order chi connectivity index (χ0) is 15.7. The van der Waals surface area contributed by atoms with E-state index in [9.17, 15) is 9.18 Å². The van der Waals surface area contributed by atoms with E-state index in [0.29, 0.717) is 19.5 Å². The van der Waals surface area contributed by atoms with Crippen molar-refractivity contribution in [2.24, 2.45) is 0 Å². The summed E-state index contributed by atoms with van der Waals surface area (Å²) in [5.41, 5.74) is 1.98. The molecule has 2 unspecified atom stereocenters. The second-order valence-electron chi connectivity index (χ2n) is 6.47. The number of benzene rings is 1. The first-order valence-corrected chi connectivity index (χ1v) is 8.02. The lowest BCUT2D eigenvalue weighted by Crippen LogP contribution is -2.36. The summed E-state index contributed by atoms with van der Waals surface area (Å²) in [6.07, 6.45) is 1.87. The molecular weight excluding hydrogens is 281 g/mol. The second kappa shape index (κ2) is 6.24. The number of piperidine rings is 1. The highest BCUT2D eigenvalue weighted by Crippen LogP contribution is 2.28. The highest BCUT2D eigenvalue weighted by molar-refractivity contribution is 5.94. The molecule has 2 aliphatic heterocycles. The van der Waals surface area contributed by atoms with Crippen LogP contribution in [0.1, 0.15) is 19.3 Å². The Kier molecular flexibility index (Phi) is 4.34. The molecule has 0 aromatic heterocycles. The molecule has 0 aliphatic carbocycles. The minimum absolute atomic E-state index is 0.0525. The summed E-state index contributed by atoms with van der Waals surface area (Å²) in [6.45, 7) is 1.94. The van der Waals surface area contributed by atoms with Crippen molar-refractivity contribution >= 4 is 17.3 Å². The molecule has 1 amide bonds. The van der Waals surface area contributed by atoms with Gasteiger partial charge in [-0.05, 0) is 51.2 Å². The average molecular weight is 305 g/mol. The van der Waals surface area contributed by atoms with Crippen molar-refractivity contribution in [1.82, 2.24) is 4.90 Å². The number of hydrogen-bond acceptors (Lipinski definition) is 3. The fourth-order valence-electron chi connectivity index (χ4n) is 3.37. The molecule has 0 radical (unpaired) electrons. The minimum atomic E-state index is -0.821. The third-order valence-corrected chi connectivity index (χ3v) is 4.73. The second-order valence-corrected chi connectivity index (χ2v) is 6.47. The Hall–Kier alpha value is -1.62. The monoisotopic (exact) mass is 305 g/mol. The number of anilines is 2. The van der Waals surface area contributed by atoms with Crippen LogP contribution in [0.2, 0.25) is 0 Å². The van der Waals surface area contributed by atoms with Gasteiger partial charge < -0.3 is 14.7 Å². The van der Waals surface area contributed by atoms with Crippen LogP contribution < -0.4 is 9.80 Å². The maximum atomic E-state index is 14.1. The van der Waals surface area contributed by atoms with Crippen LogP contribution in [0.15, 0.2) is 24.3 Å². The largest absolute Gasteiger partial charge is 0.367 e. The number of amides is 1. The van der Waals surface area contributed by atoms with Crippen LogP contribution in [0, 0.1) is 0 Å². The van der Waals surface area contributed by atoms with Crippen LogP contribution in [-0.2, 0) is 4.79 Å². The first-order valence-electron chi connectivity index (χ1n) is 8.02. The van der Waals surface area contributed by atoms with Gasteiger partial charge in [-0.15, -0.1) is 0 Å². The molecule has 22 heavy (non-hydrogen) atoms. The van der Waals surface area contributed by atoms with E-state index >= 15 is 0 Å². The zero-order valence-electron chi connectivity index (χ0n) is 13.3. The maximum absolute atomic E-state index is 14.1. The number of carbonyl (C=O) groups is 1. The minimum Gasteiger partial charge on any atom is -0.367 e. The van der Waals surface area contributed by atoms with Gasteiger partial charge in [0.1, 0.15) is 6.17 Å².